The molecule has 0 aromatic heterocycles. The highest BCUT2D eigenvalue weighted by molar-refractivity contribution is 7.92. The van der Waals surface area contributed by atoms with Gasteiger partial charge < -0.3 is 0 Å². The van der Waals surface area contributed by atoms with Crippen molar-refractivity contribution >= 4 is 38.9 Å². The Labute approximate surface area is 109 Å². The highest BCUT2D eigenvalue weighted by Crippen LogP contribution is 2.27. The van der Waals surface area contributed by atoms with Crippen molar-refractivity contribution in [2.45, 2.75) is 17.1 Å². The van der Waals surface area contributed by atoms with Crippen molar-refractivity contribution in [2.24, 2.45) is 5.84 Å². The molecule has 94 valence electrons. The van der Waals surface area contributed by atoms with E-state index in [-0.39, 0.29) is 9.92 Å². The van der Waals surface area contributed by atoms with Gasteiger partial charge in [-0.25, -0.2) is 14.3 Å². The van der Waals surface area contributed by atoms with Gasteiger partial charge >= 0.3 is 0 Å². The minimum Gasteiger partial charge on any atom is -0.293 e. The molecule has 0 fully saturated rings. The molecule has 1 aromatic rings. The van der Waals surface area contributed by atoms with Crippen LogP contribution in [0.25, 0.3) is 0 Å². The van der Waals surface area contributed by atoms with Crippen LogP contribution in [0.4, 0.5) is 0 Å². The molecule has 1 atom stereocenters. The lowest BCUT2D eigenvalue weighted by molar-refractivity contribution is -0.120. The van der Waals surface area contributed by atoms with Gasteiger partial charge in [0.1, 0.15) is 5.25 Å². The van der Waals surface area contributed by atoms with Crippen LogP contribution in [0.2, 0.25) is 10.0 Å². The zero-order valence-corrected chi connectivity index (χ0v) is 11.1. The fourth-order valence-electron chi connectivity index (χ4n) is 1.15. The second-order valence-electron chi connectivity index (χ2n) is 3.27. The molecule has 0 aliphatic carbocycles. The molecule has 0 aliphatic rings. The monoisotopic (exact) mass is 296 g/mol. The van der Waals surface area contributed by atoms with E-state index in [1.807, 2.05) is 0 Å². The number of amides is 1. The second kappa shape index (κ2) is 5.22. The van der Waals surface area contributed by atoms with Crippen LogP contribution >= 0.6 is 23.2 Å². The number of hydrogen-bond donors (Lipinski definition) is 2. The lowest BCUT2D eigenvalue weighted by atomic mass is 10.4. The van der Waals surface area contributed by atoms with Crippen LogP contribution < -0.4 is 11.3 Å². The van der Waals surface area contributed by atoms with E-state index >= 15 is 0 Å². The predicted octanol–water partition coefficient (Wildman–Crippen LogP) is 1.15. The highest BCUT2D eigenvalue weighted by Gasteiger charge is 2.31. The summed E-state index contributed by atoms with van der Waals surface area (Å²) < 4.78 is 24.0. The molecule has 0 heterocycles. The number of rotatable bonds is 3. The molecule has 8 heteroatoms. The van der Waals surface area contributed by atoms with Crippen LogP contribution in [0.3, 0.4) is 0 Å². The molecule has 0 saturated heterocycles. The number of hydrogen-bond acceptors (Lipinski definition) is 4. The number of hydrazine groups is 1. The number of carbonyl (C=O) groups is 1. The SMILES string of the molecule is C[C@H](C(=O)NN)S(=O)(=O)c1ccc(Cl)cc1Cl. The highest BCUT2D eigenvalue weighted by atomic mass is 35.5. The van der Waals surface area contributed by atoms with E-state index in [1.54, 1.807) is 5.43 Å². The van der Waals surface area contributed by atoms with E-state index in [4.69, 9.17) is 29.0 Å². The number of halogens is 2. The van der Waals surface area contributed by atoms with Gasteiger partial charge in [0.25, 0.3) is 5.91 Å². The van der Waals surface area contributed by atoms with Gasteiger partial charge in [-0.05, 0) is 25.1 Å². The van der Waals surface area contributed by atoms with Crippen molar-refractivity contribution < 1.29 is 13.2 Å². The van der Waals surface area contributed by atoms with Crippen LogP contribution in [-0.4, -0.2) is 19.6 Å². The normalized spacial score (nSPS) is 13.2. The summed E-state index contributed by atoms with van der Waals surface area (Å²) in [6.07, 6.45) is 0. The minimum absolute atomic E-state index is 0.0332. The van der Waals surface area contributed by atoms with Gasteiger partial charge in [-0.15, -0.1) is 0 Å². The average molecular weight is 297 g/mol. The smallest absolute Gasteiger partial charge is 0.252 e. The third kappa shape index (κ3) is 2.90. The van der Waals surface area contributed by atoms with E-state index in [0.29, 0.717) is 5.02 Å². The third-order valence-electron chi connectivity index (χ3n) is 2.18. The van der Waals surface area contributed by atoms with Crippen molar-refractivity contribution in [3.05, 3.63) is 28.2 Å². The Hall–Kier alpha value is -0.820. The van der Waals surface area contributed by atoms with E-state index < -0.39 is 21.0 Å². The molecule has 3 N–H and O–H groups in total. The van der Waals surface area contributed by atoms with Gasteiger partial charge in [0.05, 0.1) is 9.92 Å². The van der Waals surface area contributed by atoms with Crippen LogP contribution in [0.15, 0.2) is 23.1 Å². The fraction of sp³-hybridized carbons (Fsp3) is 0.222. The van der Waals surface area contributed by atoms with Crippen molar-refractivity contribution in [3.8, 4) is 0 Å². The lowest BCUT2D eigenvalue weighted by Gasteiger charge is -2.12. The Balaban J connectivity index is 3.27. The second-order valence-corrected chi connectivity index (χ2v) is 6.35. The fourth-order valence-corrected chi connectivity index (χ4v) is 3.20. The maximum Gasteiger partial charge on any atom is 0.252 e. The molecule has 0 radical (unpaired) electrons. The van der Waals surface area contributed by atoms with Crippen molar-refractivity contribution in [1.29, 1.82) is 0 Å². The summed E-state index contributed by atoms with van der Waals surface area (Å²) in [6, 6.07) is 3.93. The molecule has 17 heavy (non-hydrogen) atoms. The van der Waals surface area contributed by atoms with Gasteiger partial charge in [-0.3, -0.25) is 10.2 Å². The van der Waals surface area contributed by atoms with Crippen molar-refractivity contribution in [2.75, 3.05) is 0 Å². The first-order chi connectivity index (χ1) is 7.80. The van der Waals surface area contributed by atoms with E-state index in [1.165, 1.54) is 25.1 Å². The van der Waals surface area contributed by atoms with E-state index in [9.17, 15) is 13.2 Å². The lowest BCUT2D eigenvalue weighted by Crippen LogP contribution is -2.41. The first-order valence-electron chi connectivity index (χ1n) is 4.50. The molecule has 5 nitrogen and oxygen atoms in total. The van der Waals surface area contributed by atoms with Gasteiger partial charge in [0.15, 0.2) is 9.84 Å². The summed E-state index contributed by atoms with van der Waals surface area (Å²) in [7, 11) is -3.88. The first kappa shape index (κ1) is 14.2. The predicted molar refractivity (Wildman–Crippen MR) is 65.4 cm³/mol. The Morgan fingerprint density at radius 3 is 2.47 bits per heavy atom. The maximum atomic E-state index is 12.0. The standard InChI is InChI=1S/C9H10Cl2N2O3S/c1-5(9(14)13-12)17(15,16)8-3-2-6(10)4-7(8)11/h2-5H,12H2,1H3,(H,13,14)/t5-/m1/s1. The summed E-state index contributed by atoms with van der Waals surface area (Å²) in [4.78, 5) is 11.1. The third-order valence-corrected chi connectivity index (χ3v) is 4.95. The van der Waals surface area contributed by atoms with Crippen molar-refractivity contribution in [3.63, 3.8) is 0 Å². The number of sulfone groups is 1. The minimum atomic E-state index is -3.88. The zero-order chi connectivity index (χ0) is 13.2. The van der Waals surface area contributed by atoms with Gasteiger partial charge in [-0.2, -0.15) is 0 Å². The Morgan fingerprint density at radius 1 is 1.41 bits per heavy atom. The van der Waals surface area contributed by atoms with Crippen LogP contribution in [0, 0.1) is 0 Å². The Kier molecular flexibility index (Phi) is 4.37. The molecule has 0 unspecified atom stereocenters. The average Bonchev–Trinajstić information content (AvgIpc) is 2.26. The number of nitrogens with two attached hydrogens (primary N) is 1. The molecule has 0 saturated carbocycles. The Morgan fingerprint density at radius 2 is 2.00 bits per heavy atom. The molecular formula is C9H10Cl2N2O3S. The first-order valence-corrected chi connectivity index (χ1v) is 6.80. The number of nitrogens with one attached hydrogen (secondary N) is 1. The van der Waals surface area contributed by atoms with Crippen LogP contribution in [0.1, 0.15) is 6.92 Å². The molecule has 0 spiro atoms. The van der Waals surface area contributed by atoms with E-state index in [0.717, 1.165) is 0 Å². The van der Waals surface area contributed by atoms with Gasteiger partial charge in [0, 0.05) is 5.02 Å². The zero-order valence-electron chi connectivity index (χ0n) is 8.78. The van der Waals surface area contributed by atoms with E-state index in [2.05, 4.69) is 0 Å². The topological polar surface area (TPSA) is 89.3 Å². The summed E-state index contributed by atoms with van der Waals surface area (Å²) in [5.41, 5.74) is 1.78. The van der Waals surface area contributed by atoms with Crippen molar-refractivity contribution in [1.82, 2.24) is 5.43 Å². The molecule has 1 rings (SSSR count). The summed E-state index contributed by atoms with van der Waals surface area (Å²) >= 11 is 11.4. The van der Waals surface area contributed by atoms with Crippen LogP contribution in [0.5, 0.6) is 0 Å². The number of benzene rings is 1. The number of carbonyl (C=O) groups excluding carboxylic acids is 1. The molecule has 1 aromatic carbocycles. The van der Waals surface area contributed by atoms with Crippen LogP contribution in [-0.2, 0) is 14.6 Å². The molecule has 1 amide bonds. The maximum absolute atomic E-state index is 12.0. The quantitative estimate of drug-likeness (QED) is 0.497. The largest absolute Gasteiger partial charge is 0.293 e. The summed E-state index contributed by atoms with van der Waals surface area (Å²) in [5, 5.41) is -1.05. The molecule has 0 aliphatic heterocycles. The van der Waals surface area contributed by atoms with Gasteiger partial charge in [0.2, 0.25) is 0 Å². The van der Waals surface area contributed by atoms with Gasteiger partial charge in [-0.1, -0.05) is 23.2 Å². The Bertz CT molecular complexity index is 545. The summed E-state index contributed by atoms with van der Waals surface area (Å²) in [6.45, 7) is 1.22. The summed E-state index contributed by atoms with van der Waals surface area (Å²) in [5.74, 6) is 4.08. The molecule has 0 bridgehead atoms. The molecular weight excluding hydrogens is 287 g/mol.